The Bertz CT molecular complexity index is 398. The van der Waals surface area contributed by atoms with Crippen molar-refractivity contribution in [3.63, 3.8) is 0 Å². The number of carbonyl (C=O) groups is 2. The molecule has 1 rings (SSSR count). The number of alkyl halides is 1. The maximum Gasteiger partial charge on any atom is 1.00 e. The summed E-state index contributed by atoms with van der Waals surface area (Å²) >= 11 is 2.06. The third kappa shape index (κ3) is 5.28. The molecule has 0 aliphatic rings. The summed E-state index contributed by atoms with van der Waals surface area (Å²) in [7, 11) is 0. The number of rotatable bonds is 4. The number of hydrogen-bond donors (Lipinski definition) is 0. The predicted molar refractivity (Wildman–Crippen MR) is 60.0 cm³/mol. The van der Waals surface area contributed by atoms with Gasteiger partial charge in [0.2, 0.25) is 5.88 Å². The second-order valence-electron chi connectivity index (χ2n) is 3.02. The molecule has 1 aromatic rings. The van der Waals surface area contributed by atoms with Gasteiger partial charge in [0.15, 0.2) is 0 Å². The van der Waals surface area contributed by atoms with Crippen LogP contribution >= 0.6 is 22.6 Å². The van der Waals surface area contributed by atoms with Crippen molar-refractivity contribution in [2.24, 2.45) is 5.92 Å². The first-order valence-electron chi connectivity index (χ1n) is 4.37. The summed E-state index contributed by atoms with van der Waals surface area (Å²) in [6.07, 6.45) is 0. The molecular weight excluding hydrogens is 350 g/mol. The summed E-state index contributed by atoms with van der Waals surface area (Å²) in [6.45, 7) is 1.72. The van der Waals surface area contributed by atoms with E-state index in [1.165, 1.54) is 12.1 Å². The van der Waals surface area contributed by atoms with Crippen molar-refractivity contribution in [2.45, 2.75) is 6.92 Å². The van der Waals surface area contributed by atoms with Crippen LogP contribution in [0.3, 0.4) is 0 Å². The first-order chi connectivity index (χ1) is 7.54. The van der Waals surface area contributed by atoms with Gasteiger partial charge in [-0.2, -0.15) is 0 Å². The van der Waals surface area contributed by atoms with E-state index in [1.54, 1.807) is 6.92 Å². The fraction of sp³-hybridized carbons (Fsp3) is 0.333. The van der Waals surface area contributed by atoms with Crippen LogP contribution in [-0.4, -0.2) is 26.6 Å². The number of aromatic nitrogens is 2. The van der Waals surface area contributed by atoms with Gasteiger partial charge in [-0.25, -0.2) is 0 Å². The van der Waals surface area contributed by atoms with Crippen molar-refractivity contribution in [3.05, 3.63) is 17.8 Å². The third-order valence-electron chi connectivity index (χ3n) is 1.69. The van der Waals surface area contributed by atoms with Crippen LogP contribution in [-0.2, 0) is 4.79 Å². The summed E-state index contributed by atoms with van der Waals surface area (Å²) in [4.78, 5) is 21.7. The Kier molecular flexibility index (Phi) is 7.84. The van der Waals surface area contributed by atoms with E-state index in [0.717, 1.165) is 0 Å². The van der Waals surface area contributed by atoms with E-state index in [2.05, 4.69) is 32.8 Å². The minimum absolute atomic E-state index is 0. The smallest absolute Gasteiger partial charge is 0.543 e. The molecule has 6 nitrogen and oxygen atoms in total. The number of halogens is 1. The maximum absolute atomic E-state index is 11.3. The van der Waals surface area contributed by atoms with Gasteiger partial charge in [-0.05, 0) is 6.07 Å². The monoisotopic (exact) mass is 358 g/mol. The molecule has 0 amide bonds. The topological polar surface area (TPSA) is 92.2 Å². The molecule has 0 aliphatic carbocycles. The molecule has 0 bridgehead atoms. The molecule has 1 aromatic heterocycles. The summed E-state index contributed by atoms with van der Waals surface area (Å²) in [5.74, 6) is -2.12. The number of nitrogens with zero attached hydrogens (tertiary/aromatic N) is 2. The normalized spacial score (nSPS) is 11.2. The number of esters is 1. The quantitative estimate of drug-likeness (QED) is 0.244. The SMILES string of the molecule is CC(CI)C(=O)Oc1ccc(C(=O)[O-])nn1.[Na+]. The summed E-state index contributed by atoms with van der Waals surface area (Å²) in [5, 5.41) is 17.1. The number of hydrogen-bond acceptors (Lipinski definition) is 6. The van der Waals surface area contributed by atoms with Crippen LogP contribution in [0.1, 0.15) is 17.4 Å². The molecule has 0 aliphatic heterocycles. The second-order valence-corrected chi connectivity index (χ2v) is 3.90. The van der Waals surface area contributed by atoms with Crippen LogP contribution in [0.25, 0.3) is 0 Å². The standard InChI is InChI=1S/C9H9IN2O4.Na/c1-5(4-10)9(15)16-7-3-2-6(8(13)14)11-12-7;/h2-3,5H,4H2,1H3,(H,13,14);/q;+1/p-1. The van der Waals surface area contributed by atoms with Crippen molar-refractivity contribution < 1.29 is 49.0 Å². The minimum atomic E-state index is -1.42. The number of carboxylic acid groups (broad SMARTS) is 1. The van der Waals surface area contributed by atoms with E-state index in [0.29, 0.717) is 4.43 Å². The van der Waals surface area contributed by atoms with Crippen LogP contribution in [0.15, 0.2) is 12.1 Å². The number of carboxylic acids is 1. The molecule has 0 spiro atoms. The molecule has 0 saturated carbocycles. The maximum atomic E-state index is 11.3. The molecule has 1 heterocycles. The van der Waals surface area contributed by atoms with Crippen molar-refractivity contribution in [2.75, 3.05) is 4.43 Å². The van der Waals surface area contributed by atoms with Crippen molar-refractivity contribution in [1.82, 2.24) is 10.2 Å². The molecule has 8 heteroatoms. The number of ether oxygens (including phenoxy) is 1. The van der Waals surface area contributed by atoms with Crippen molar-refractivity contribution in [1.29, 1.82) is 0 Å². The average Bonchev–Trinajstić information content (AvgIpc) is 2.28. The molecule has 86 valence electrons. The van der Waals surface area contributed by atoms with Gasteiger partial charge in [0, 0.05) is 10.5 Å². The predicted octanol–water partition coefficient (Wildman–Crippen LogP) is -3.18. The summed E-state index contributed by atoms with van der Waals surface area (Å²) in [5.41, 5.74) is -0.304. The Balaban J connectivity index is 0.00000256. The second kappa shape index (κ2) is 7.96. The van der Waals surface area contributed by atoms with Gasteiger partial charge < -0.3 is 14.6 Å². The van der Waals surface area contributed by atoms with Crippen LogP contribution < -0.4 is 39.4 Å². The number of carbonyl (C=O) groups excluding carboxylic acids is 2. The van der Waals surface area contributed by atoms with E-state index >= 15 is 0 Å². The van der Waals surface area contributed by atoms with E-state index in [4.69, 9.17) is 4.74 Å². The van der Waals surface area contributed by atoms with E-state index in [-0.39, 0.29) is 47.0 Å². The van der Waals surface area contributed by atoms with Gasteiger partial charge >= 0.3 is 35.5 Å². The Morgan fingerprint density at radius 3 is 2.53 bits per heavy atom. The average molecular weight is 358 g/mol. The van der Waals surface area contributed by atoms with E-state index < -0.39 is 11.9 Å². The molecule has 17 heavy (non-hydrogen) atoms. The fourth-order valence-electron chi connectivity index (χ4n) is 0.750. The van der Waals surface area contributed by atoms with Crippen LogP contribution in [0, 0.1) is 5.92 Å². The zero-order valence-electron chi connectivity index (χ0n) is 9.34. The Morgan fingerprint density at radius 1 is 1.47 bits per heavy atom. The van der Waals surface area contributed by atoms with E-state index in [9.17, 15) is 14.7 Å². The zero-order valence-corrected chi connectivity index (χ0v) is 13.5. The van der Waals surface area contributed by atoms with Crippen molar-refractivity contribution in [3.8, 4) is 5.88 Å². The van der Waals surface area contributed by atoms with Gasteiger partial charge in [-0.15, -0.1) is 10.2 Å². The Hall–Kier alpha value is -0.250. The molecule has 0 fully saturated rings. The molecule has 0 radical (unpaired) electrons. The van der Waals surface area contributed by atoms with Gasteiger partial charge in [0.25, 0.3) is 0 Å². The number of aromatic carboxylic acids is 1. The first-order valence-corrected chi connectivity index (χ1v) is 5.90. The van der Waals surface area contributed by atoms with Gasteiger partial charge in [-0.1, -0.05) is 29.5 Å². The summed E-state index contributed by atoms with van der Waals surface area (Å²) in [6, 6.07) is 2.43. The zero-order chi connectivity index (χ0) is 12.1. The van der Waals surface area contributed by atoms with Gasteiger partial charge in [0.05, 0.1) is 11.9 Å². The first kappa shape index (κ1) is 16.8. The third-order valence-corrected chi connectivity index (χ3v) is 3.01. The van der Waals surface area contributed by atoms with Crippen LogP contribution in [0.5, 0.6) is 5.88 Å². The van der Waals surface area contributed by atoms with Crippen LogP contribution in [0.4, 0.5) is 0 Å². The van der Waals surface area contributed by atoms with Gasteiger partial charge in [-0.3, -0.25) is 4.79 Å². The summed E-state index contributed by atoms with van der Waals surface area (Å²) < 4.78 is 5.50. The molecule has 0 N–H and O–H groups in total. The molecule has 0 saturated heterocycles. The minimum Gasteiger partial charge on any atom is -0.543 e. The van der Waals surface area contributed by atoms with Crippen LogP contribution in [0.2, 0.25) is 0 Å². The molecule has 1 atom stereocenters. The Labute approximate surface area is 134 Å². The van der Waals surface area contributed by atoms with Crippen molar-refractivity contribution >= 4 is 34.5 Å². The molecule has 1 unspecified atom stereocenters. The molecular formula is C9H8IN2NaO4. The largest absolute Gasteiger partial charge is 1.00 e. The van der Waals surface area contributed by atoms with Gasteiger partial charge in [0.1, 0.15) is 5.69 Å². The molecule has 0 aromatic carbocycles. The fourth-order valence-corrected chi connectivity index (χ4v) is 1.11. The van der Waals surface area contributed by atoms with E-state index in [1.807, 2.05) is 0 Å². The Morgan fingerprint density at radius 2 is 2.12 bits per heavy atom.